The van der Waals surface area contributed by atoms with Gasteiger partial charge in [0.05, 0.1) is 0 Å². The first-order valence-electron chi connectivity index (χ1n) is 3.50. The van der Waals surface area contributed by atoms with Gasteiger partial charge in [-0.2, -0.15) is 6.54 Å². The van der Waals surface area contributed by atoms with E-state index in [4.69, 9.17) is 5.73 Å². The number of hydrogen-bond donors (Lipinski definition) is 0. The number of allylic oxidation sites excluding steroid dienone is 1. The van der Waals surface area contributed by atoms with Crippen molar-refractivity contribution in [3.63, 3.8) is 0 Å². The van der Waals surface area contributed by atoms with Gasteiger partial charge in [-0.05, 0) is 12.3 Å². The van der Waals surface area contributed by atoms with E-state index in [0.717, 1.165) is 12.8 Å². The fraction of sp³-hybridized carbons (Fsp3) is 0.750. The van der Waals surface area contributed by atoms with E-state index in [1.54, 1.807) is 0 Å². The van der Waals surface area contributed by atoms with Crippen molar-refractivity contribution in [3.8, 4) is 0 Å². The van der Waals surface area contributed by atoms with Gasteiger partial charge < -0.3 is 5.73 Å². The van der Waals surface area contributed by atoms with Crippen molar-refractivity contribution in [2.75, 3.05) is 6.54 Å². The summed E-state index contributed by atoms with van der Waals surface area (Å²) in [6, 6.07) is 0. The molecule has 0 fully saturated rings. The molecule has 0 unspecified atom stereocenters. The monoisotopic (exact) mass is 215 g/mol. The summed E-state index contributed by atoms with van der Waals surface area (Å²) in [5, 5.41) is 0. The van der Waals surface area contributed by atoms with Crippen LogP contribution in [-0.4, -0.2) is 6.54 Å². The van der Waals surface area contributed by atoms with E-state index in [1.165, 1.54) is 5.57 Å². The van der Waals surface area contributed by atoms with E-state index in [1.807, 2.05) is 0 Å². The maximum Gasteiger partial charge on any atom is 0 e. The average molecular weight is 215 g/mol. The SMILES string of the molecule is C=C(CCC[NH-])C(C)C.[Y]. The standard InChI is InChI=1S/C8H16N.Y/c1-7(2)8(3)5-4-6-9;/h7,9H,3-6H2,1-2H3;/q-1;. The summed E-state index contributed by atoms with van der Waals surface area (Å²) in [5.41, 5.74) is 8.18. The van der Waals surface area contributed by atoms with Crippen molar-refractivity contribution in [2.45, 2.75) is 26.7 Å². The van der Waals surface area contributed by atoms with E-state index >= 15 is 0 Å². The molecule has 0 aliphatic carbocycles. The molecule has 0 aliphatic rings. The molecule has 0 aromatic rings. The van der Waals surface area contributed by atoms with Crippen molar-refractivity contribution < 1.29 is 32.7 Å². The summed E-state index contributed by atoms with van der Waals surface area (Å²) >= 11 is 0. The van der Waals surface area contributed by atoms with Gasteiger partial charge in [0.1, 0.15) is 0 Å². The first-order chi connectivity index (χ1) is 4.18. The third-order valence-electron chi connectivity index (χ3n) is 1.49. The second-order valence-electron chi connectivity index (χ2n) is 2.67. The Morgan fingerprint density at radius 3 is 2.30 bits per heavy atom. The maximum absolute atomic E-state index is 6.90. The first-order valence-corrected chi connectivity index (χ1v) is 3.50. The predicted octanol–water partition coefficient (Wildman–Crippen LogP) is 3.03. The fourth-order valence-corrected chi connectivity index (χ4v) is 0.604. The molecule has 0 amide bonds. The van der Waals surface area contributed by atoms with Crippen molar-refractivity contribution in [1.82, 2.24) is 0 Å². The molecule has 0 heterocycles. The molecule has 1 radical (unpaired) electrons. The van der Waals surface area contributed by atoms with E-state index in [2.05, 4.69) is 20.4 Å². The average Bonchev–Trinajstić information content (AvgIpc) is 1.82. The Kier molecular flexibility index (Phi) is 10.6. The maximum atomic E-state index is 6.90. The number of rotatable bonds is 4. The van der Waals surface area contributed by atoms with Crippen LogP contribution in [0.3, 0.4) is 0 Å². The van der Waals surface area contributed by atoms with E-state index in [0.29, 0.717) is 12.5 Å². The Bertz CT molecular complexity index is 89.3. The van der Waals surface area contributed by atoms with Crippen LogP contribution >= 0.6 is 0 Å². The van der Waals surface area contributed by atoms with Crippen LogP contribution in [0.2, 0.25) is 0 Å². The zero-order chi connectivity index (χ0) is 7.28. The molecule has 1 N–H and O–H groups in total. The molecule has 2 heteroatoms. The van der Waals surface area contributed by atoms with Crippen molar-refractivity contribution in [3.05, 3.63) is 17.9 Å². The minimum Gasteiger partial charge on any atom is -0.677 e. The molecule has 0 bridgehead atoms. The van der Waals surface area contributed by atoms with Crippen LogP contribution in [-0.2, 0) is 32.7 Å². The predicted molar refractivity (Wildman–Crippen MR) is 42.4 cm³/mol. The Morgan fingerprint density at radius 1 is 1.50 bits per heavy atom. The number of hydrogen-bond acceptors (Lipinski definition) is 0. The Morgan fingerprint density at radius 2 is 2.00 bits per heavy atom. The van der Waals surface area contributed by atoms with Crippen LogP contribution in [0, 0.1) is 5.92 Å². The topological polar surface area (TPSA) is 23.8 Å². The van der Waals surface area contributed by atoms with Gasteiger partial charge in [0.15, 0.2) is 0 Å². The summed E-state index contributed by atoms with van der Waals surface area (Å²) in [6.07, 6.45) is 2.00. The minimum absolute atomic E-state index is 0. The second kappa shape index (κ2) is 7.91. The van der Waals surface area contributed by atoms with Crippen LogP contribution in [0.5, 0.6) is 0 Å². The largest absolute Gasteiger partial charge is 0.677 e. The molecule has 0 spiro atoms. The van der Waals surface area contributed by atoms with Crippen LogP contribution in [0.15, 0.2) is 12.2 Å². The van der Waals surface area contributed by atoms with Crippen LogP contribution < -0.4 is 0 Å². The summed E-state index contributed by atoms with van der Waals surface area (Å²) in [4.78, 5) is 0. The molecule has 0 aliphatic heterocycles. The zero-order valence-corrected chi connectivity index (χ0v) is 9.82. The van der Waals surface area contributed by atoms with E-state index in [9.17, 15) is 0 Å². The van der Waals surface area contributed by atoms with Gasteiger partial charge in [0.2, 0.25) is 0 Å². The fourth-order valence-electron chi connectivity index (χ4n) is 0.604. The van der Waals surface area contributed by atoms with Crippen LogP contribution in [0.1, 0.15) is 26.7 Å². The first kappa shape index (κ1) is 13.4. The van der Waals surface area contributed by atoms with Gasteiger partial charge in [-0.3, -0.25) is 0 Å². The smallest absolute Gasteiger partial charge is 0 e. The molecule has 10 heavy (non-hydrogen) atoms. The molecule has 0 saturated heterocycles. The summed E-state index contributed by atoms with van der Waals surface area (Å²) in [6.45, 7) is 8.73. The van der Waals surface area contributed by atoms with Gasteiger partial charge in [0, 0.05) is 32.7 Å². The van der Waals surface area contributed by atoms with E-state index in [-0.39, 0.29) is 32.7 Å². The van der Waals surface area contributed by atoms with Gasteiger partial charge in [-0.25, -0.2) is 0 Å². The number of nitrogens with one attached hydrogen (secondary N) is 1. The van der Waals surface area contributed by atoms with Crippen LogP contribution in [0.25, 0.3) is 5.73 Å². The summed E-state index contributed by atoms with van der Waals surface area (Å²) < 4.78 is 0. The molecule has 1 nitrogen and oxygen atoms in total. The molecule has 57 valence electrons. The Balaban J connectivity index is 0. The van der Waals surface area contributed by atoms with Crippen molar-refractivity contribution in [2.24, 2.45) is 5.92 Å². The third-order valence-corrected chi connectivity index (χ3v) is 1.49. The molecular weight excluding hydrogens is 199 g/mol. The Labute approximate surface area is 89.3 Å². The normalized spacial score (nSPS) is 9.20. The van der Waals surface area contributed by atoms with Crippen LogP contribution in [0.4, 0.5) is 0 Å². The summed E-state index contributed by atoms with van der Waals surface area (Å²) in [5.74, 6) is 0.594. The van der Waals surface area contributed by atoms with Gasteiger partial charge in [0.25, 0.3) is 0 Å². The minimum atomic E-state index is 0. The quantitative estimate of drug-likeness (QED) is 0.643. The van der Waals surface area contributed by atoms with Crippen molar-refractivity contribution >= 4 is 0 Å². The molecule has 0 aromatic carbocycles. The van der Waals surface area contributed by atoms with Gasteiger partial charge >= 0.3 is 0 Å². The van der Waals surface area contributed by atoms with Gasteiger partial charge in [-0.1, -0.05) is 32.4 Å². The third kappa shape index (κ3) is 6.92. The Hall–Kier alpha value is 0.804. The second-order valence-corrected chi connectivity index (χ2v) is 2.67. The van der Waals surface area contributed by atoms with Gasteiger partial charge in [-0.15, -0.1) is 0 Å². The summed E-state index contributed by atoms with van der Waals surface area (Å²) in [7, 11) is 0. The molecular formula is C8H16NY-. The van der Waals surface area contributed by atoms with Crippen molar-refractivity contribution in [1.29, 1.82) is 0 Å². The zero-order valence-electron chi connectivity index (χ0n) is 6.98. The molecule has 0 atom stereocenters. The molecule has 0 aromatic heterocycles. The molecule has 0 saturated carbocycles. The molecule has 0 rings (SSSR count). The van der Waals surface area contributed by atoms with E-state index < -0.39 is 0 Å².